The summed E-state index contributed by atoms with van der Waals surface area (Å²) in [4.78, 5) is 28.6. The average Bonchev–Trinajstić information content (AvgIpc) is 3.85. The number of anilines is 1. The van der Waals surface area contributed by atoms with Gasteiger partial charge in [0.1, 0.15) is 5.54 Å². The van der Waals surface area contributed by atoms with E-state index in [1.54, 1.807) is 12.1 Å². The van der Waals surface area contributed by atoms with Gasteiger partial charge in [0, 0.05) is 56.8 Å². The number of rotatable bonds is 6. The number of piperazine rings is 1. The maximum absolute atomic E-state index is 13.5. The van der Waals surface area contributed by atoms with Crippen LogP contribution in [0.1, 0.15) is 51.4 Å². The second kappa shape index (κ2) is 11.8. The molecule has 2 N–H and O–H groups in total. The number of carbonyl (C=O) groups excluding carboxylic acids is 1. The van der Waals surface area contributed by atoms with Crippen LogP contribution in [-0.2, 0) is 14.6 Å². The van der Waals surface area contributed by atoms with E-state index in [9.17, 15) is 26.8 Å². The molecule has 5 aliphatic rings. The van der Waals surface area contributed by atoms with Crippen molar-refractivity contribution < 1.29 is 31.9 Å². The number of benzene rings is 1. The molecule has 0 aromatic heterocycles. The number of alkyl halides is 2. The van der Waals surface area contributed by atoms with E-state index in [-0.39, 0.29) is 35.2 Å². The summed E-state index contributed by atoms with van der Waals surface area (Å²) in [5.41, 5.74) is 0.190. The molecule has 0 spiro atoms. The van der Waals surface area contributed by atoms with Crippen molar-refractivity contribution in [1.29, 1.82) is 5.26 Å². The third-order valence-corrected chi connectivity index (χ3v) is 11.6. The predicted molar refractivity (Wildman–Crippen MR) is 151 cm³/mol. The Bertz CT molecular complexity index is 1360. The minimum absolute atomic E-state index is 0.0297. The molecule has 230 valence electrons. The zero-order chi connectivity index (χ0) is 30.3. The van der Waals surface area contributed by atoms with Crippen molar-refractivity contribution in [2.75, 3.05) is 44.2 Å². The summed E-state index contributed by atoms with van der Waals surface area (Å²) in [6, 6.07) is 7.76. The molecule has 14 heteroatoms. The zero-order valence-corrected chi connectivity index (χ0v) is 24.8. The number of nitrogens with one attached hydrogen (secondary N) is 1. The number of sulfone groups is 1. The Labute approximate surface area is 249 Å². The highest BCUT2D eigenvalue weighted by atomic mass is 35.5. The van der Waals surface area contributed by atoms with Crippen molar-refractivity contribution in [1.82, 2.24) is 15.1 Å². The lowest BCUT2D eigenvalue weighted by molar-refractivity contribution is -0.135. The quantitative estimate of drug-likeness (QED) is 0.487. The fourth-order valence-corrected chi connectivity index (χ4v) is 8.48. The maximum atomic E-state index is 13.5. The summed E-state index contributed by atoms with van der Waals surface area (Å²) in [5, 5.41) is 18.1. The van der Waals surface area contributed by atoms with Crippen LogP contribution >= 0.6 is 11.6 Å². The van der Waals surface area contributed by atoms with Crippen LogP contribution < -0.4 is 10.2 Å². The molecule has 2 heterocycles. The number of nitrogens with zero attached hydrogens (tertiary/aromatic N) is 4. The van der Waals surface area contributed by atoms with Crippen molar-refractivity contribution in [3.63, 3.8) is 0 Å². The molecule has 10 nitrogen and oxygen atoms in total. The Morgan fingerprint density at radius 2 is 1.74 bits per heavy atom. The van der Waals surface area contributed by atoms with E-state index in [1.165, 1.54) is 17.7 Å². The van der Waals surface area contributed by atoms with Crippen LogP contribution in [0.2, 0.25) is 5.02 Å². The maximum Gasteiger partial charge on any atom is 0.405 e. The van der Waals surface area contributed by atoms with Crippen molar-refractivity contribution in [2.24, 2.45) is 5.92 Å². The van der Waals surface area contributed by atoms with E-state index in [4.69, 9.17) is 22.0 Å². The second-order valence-corrected chi connectivity index (χ2v) is 14.6. The van der Waals surface area contributed by atoms with Gasteiger partial charge in [-0.1, -0.05) is 11.6 Å². The monoisotopic (exact) mass is 627 g/mol. The van der Waals surface area contributed by atoms with Gasteiger partial charge in [-0.3, -0.25) is 9.69 Å². The summed E-state index contributed by atoms with van der Waals surface area (Å²) in [7, 11) is -3.72. The number of nitriles is 1. The Kier molecular flexibility index (Phi) is 8.62. The van der Waals surface area contributed by atoms with Gasteiger partial charge in [-0.25, -0.2) is 22.0 Å². The number of carbonyl (C=O) groups is 2. The molecule has 3 aliphatic carbocycles. The number of hydrogen-bond acceptors (Lipinski definition) is 7. The Hall–Kier alpha value is -2.69. The summed E-state index contributed by atoms with van der Waals surface area (Å²) in [5.74, 6) is -3.73. The molecule has 5 fully saturated rings. The van der Waals surface area contributed by atoms with Crippen LogP contribution in [0.25, 0.3) is 0 Å². The van der Waals surface area contributed by atoms with E-state index in [0.29, 0.717) is 25.7 Å². The van der Waals surface area contributed by atoms with Crippen molar-refractivity contribution in [3.8, 4) is 6.07 Å². The lowest BCUT2D eigenvalue weighted by atomic mass is 10.1. The van der Waals surface area contributed by atoms with Gasteiger partial charge in [0.2, 0.25) is 5.91 Å². The number of likely N-dealkylation sites (tertiary alicyclic amines) is 1. The van der Waals surface area contributed by atoms with E-state index >= 15 is 0 Å². The van der Waals surface area contributed by atoms with Gasteiger partial charge in [-0.15, -0.1) is 0 Å². The summed E-state index contributed by atoms with van der Waals surface area (Å²) in [6.07, 6.45) is 3.32. The summed E-state index contributed by atoms with van der Waals surface area (Å²) >= 11 is 6.46. The molecule has 0 bridgehead atoms. The third kappa shape index (κ3) is 6.92. The Morgan fingerprint density at radius 1 is 1.05 bits per heavy atom. The molecule has 2 atom stereocenters. The number of amides is 2. The zero-order valence-electron chi connectivity index (χ0n) is 23.3. The van der Waals surface area contributed by atoms with Crippen LogP contribution in [0.3, 0.4) is 0 Å². The molecule has 2 amide bonds. The summed E-state index contributed by atoms with van der Waals surface area (Å²) in [6.45, 7) is 3.25. The number of halogens is 3. The van der Waals surface area contributed by atoms with Gasteiger partial charge in [-0.2, -0.15) is 5.26 Å². The molecule has 42 heavy (non-hydrogen) atoms. The molecule has 1 aromatic rings. The topological polar surface area (TPSA) is 134 Å². The lowest BCUT2D eigenvalue weighted by Gasteiger charge is -2.36. The van der Waals surface area contributed by atoms with E-state index < -0.39 is 45.1 Å². The van der Waals surface area contributed by atoms with Crippen LogP contribution in [0, 0.1) is 17.2 Å². The highest BCUT2D eigenvalue weighted by molar-refractivity contribution is 7.92. The Morgan fingerprint density at radius 3 is 2.24 bits per heavy atom. The fourth-order valence-electron chi connectivity index (χ4n) is 6.10. The molecule has 6 rings (SSSR count). The molecule has 1 aromatic carbocycles. The average molecular weight is 628 g/mol. The third-order valence-electron chi connectivity index (χ3n) is 8.93. The molecular formula is C28H36ClF2N5O5S. The van der Waals surface area contributed by atoms with Gasteiger partial charge in [0.15, 0.2) is 9.84 Å². The van der Waals surface area contributed by atoms with Crippen molar-refractivity contribution >= 4 is 39.1 Å². The Balaban J connectivity index is 0.000000336. The van der Waals surface area contributed by atoms with Gasteiger partial charge in [-0.05, 0) is 63.1 Å². The largest absolute Gasteiger partial charge is 0.465 e. The lowest BCUT2D eigenvalue weighted by Crippen LogP contribution is -2.47. The number of carboxylic acid groups (broad SMARTS) is 1. The van der Waals surface area contributed by atoms with Crippen LogP contribution in [0.5, 0.6) is 0 Å². The first-order valence-electron chi connectivity index (χ1n) is 14.4. The van der Waals surface area contributed by atoms with Gasteiger partial charge >= 0.3 is 6.09 Å². The van der Waals surface area contributed by atoms with Crippen LogP contribution in [-0.4, -0.2) is 97.3 Å². The first kappa shape index (κ1) is 30.8. The van der Waals surface area contributed by atoms with Gasteiger partial charge in [0.05, 0.1) is 27.8 Å². The van der Waals surface area contributed by atoms with Crippen LogP contribution in [0.15, 0.2) is 23.1 Å². The number of hydrogen-bond donors (Lipinski definition) is 2. The molecule has 0 unspecified atom stereocenters. The highest BCUT2D eigenvalue weighted by Crippen LogP contribution is 2.39. The predicted octanol–water partition coefficient (Wildman–Crippen LogP) is 3.74. The molecule has 2 saturated heterocycles. The first-order chi connectivity index (χ1) is 19.8. The standard InChI is InChI=1S/C23H30ClF2N3O3S.C5H6N2O2/c24-20-14-18(28-11-9-27(10-12-28)17-2-3-17)4-6-21(20)33(31,32)19-5-1-16(13-19)22(30)29-8-7-23(25,26)15-29;6-3-5(1-2-5)7-4(8)9/h4,6,14,16-17,19H,1-3,5,7-13,15H2;7H,1-2H2,(H,8,9)/t16-,19-;/m1./s1. The molecular weight excluding hydrogens is 592 g/mol. The molecule has 0 radical (unpaired) electrons. The van der Waals surface area contributed by atoms with Gasteiger partial charge in [0.25, 0.3) is 5.92 Å². The highest BCUT2D eigenvalue weighted by Gasteiger charge is 2.46. The van der Waals surface area contributed by atoms with E-state index in [1.807, 2.05) is 12.1 Å². The van der Waals surface area contributed by atoms with Gasteiger partial charge < -0.3 is 20.2 Å². The first-order valence-corrected chi connectivity index (χ1v) is 16.4. The van der Waals surface area contributed by atoms with E-state index in [0.717, 1.165) is 37.9 Å². The normalized spacial score (nSPS) is 26.6. The van der Waals surface area contributed by atoms with E-state index in [2.05, 4.69) is 15.1 Å². The molecule has 2 aliphatic heterocycles. The van der Waals surface area contributed by atoms with Crippen LogP contribution in [0.4, 0.5) is 19.3 Å². The minimum Gasteiger partial charge on any atom is -0.465 e. The SMILES string of the molecule is N#CC1(NC(=O)O)CC1.O=C([C@@H]1CC[C@@H](S(=O)(=O)c2ccc(N3CCN(C4CC4)CC3)cc2Cl)C1)N1CCC(F)(F)C1. The van der Waals surface area contributed by atoms with Crippen molar-refractivity contribution in [3.05, 3.63) is 23.2 Å². The smallest absolute Gasteiger partial charge is 0.405 e. The second-order valence-electron chi connectivity index (χ2n) is 12.0. The summed E-state index contributed by atoms with van der Waals surface area (Å²) < 4.78 is 53.6. The minimum atomic E-state index is -3.72. The fraction of sp³-hybridized carbons (Fsp3) is 0.679. The molecule has 3 saturated carbocycles. The van der Waals surface area contributed by atoms with Crippen molar-refractivity contribution in [2.45, 2.75) is 79.0 Å².